The van der Waals surface area contributed by atoms with Crippen molar-refractivity contribution < 1.29 is 9.90 Å². The van der Waals surface area contributed by atoms with Crippen LogP contribution in [0.4, 0.5) is 0 Å². The second kappa shape index (κ2) is 5.12. The van der Waals surface area contributed by atoms with Crippen molar-refractivity contribution >= 4 is 40.7 Å². The van der Waals surface area contributed by atoms with E-state index in [4.69, 9.17) is 39.9 Å². The Balaban J connectivity index is 3.94. The number of hydrogen-bond acceptors (Lipinski definition) is 2. The molecule has 0 bridgehead atoms. The summed E-state index contributed by atoms with van der Waals surface area (Å²) in [7, 11) is 0. The quantitative estimate of drug-likeness (QED) is 0.722. The molecule has 1 atom stereocenters. The van der Waals surface area contributed by atoms with E-state index in [-0.39, 0.29) is 0 Å². The summed E-state index contributed by atoms with van der Waals surface area (Å²) in [5, 5.41) is 11.5. The van der Waals surface area contributed by atoms with Crippen molar-refractivity contribution in [3.05, 3.63) is 0 Å². The molecule has 0 saturated heterocycles. The highest BCUT2D eigenvalue weighted by Crippen LogP contribution is 2.30. The molecule has 12 heavy (non-hydrogen) atoms. The van der Waals surface area contributed by atoms with Crippen LogP contribution >= 0.6 is 34.8 Å². The van der Waals surface area contributed by atoms with Crippen LogP contribution in [0.25, 0.3) is 0 Å². The molecule has 6 heteroatoms. The van der Waals surface area contributed by atoms with Gasteiger partial charge in [0.2, 0.25) is 3.79 Å². The monoisotopic (exact) mass is 233 g/mol. The fraction of sp³-hybridized carbons (Fsp3) is 0.833. The van der Waals surface area contributed by atoms with Gasteiger partial charge in [-0.15, -0.1) is 0 Å². The highest BCUT2D eigenvalue weighted by molar-refractivity contribution is 6.68. The minimum atomic E-state index is -1.96. The number of halogens is 3. The Morgan fingerprint density at radius 1 is 1.58 bits per heavy atom. The van der Waals surface area contributed by atoms with Gasteiger partial charge in [0.25, 0.3) is 5.91 Å². The lowest BCUT2D eigenvalue weighted by atomic mass is 10.3. The average molecular weight is 235 g/mol. The summed E-state index contributed by atoms with van der Waals surface area (Å²) in [4.78, 5) is 10.9. The predicted octanol–water partition coefficient (Wildman–Crippen LogP) is 1.24. The summed E-state index contributed by atoms with van der Waals surface area (Å²) < 4.78 is -1.96. The average Bonchev–Trinajstić information content (AvgIpc) is 1.97. The van der Waals surface area contributed by atoms with Crippen molar-refractivity contribution in [1.82, 2.24) is 5.32 Å². The van der Waals surface area contributed by atoms with E-state index in [1.54, 1.807) is 0 Å². The molecule has 0 aliphatic heterocycles. The first-order valence-electron chi connectivity index (χ1n) is 3.42. The van der Waals surface area contributed by atoms with E-state index < -0.39 is 15.8 Å². The van der Waals surface area contributed by atoms with E-state index in [0.717, 1.165) is 6.42 Å². The molecular weight excluding hydrogens is 224 g/mol. The number of alkyl halides is 3. The zero-order valence-electron chi connectivity index (χ0n) is 6.48. The first-order chi connectivity index (χ1) is 5.39. The minimum Gasteiger partial charge on any atom is -0.379 e. The molecule has 3 nitrogen and oxygen atoms in total. The van der Waals surface area contributed by atoms with E-state index in [1.807, 2.05) is 6.92 Å². The maximum atomic E-state index is 10.9. The molecule has 0 spiro atoms. The second-order valence-corrected chi connectivity index (χ2v) is 4.60. The Morgan fingerprint density at radius 2 is 2.08 bits per heavy atom. The van der Waals surface area contributed by atoms with E-state index in [1.165, 1.54) is 0 Å². The first-order valence-corrected chi connectivity index (χ1v) is 4.55. The molecule has 0 aromatic heterocycles. The Labute approximate surface area is 86.0 Å². The highest BCUT2D eigenvalue weighted by Gasteiger charge is 2.36. The lowest BCUT2D eigenvalue weighted by Gasteiger charge is -2.17. The number of carbonyl (C=O) groups excluding carboxylic acids is 1. The summed E-state index contributed by atoms with van der Waals surface area (Å²) in [5.41, 5.74) is 0. The largest absolute Gasteiger partial charge is 0.379 e. The van der Waals surface area contributed by atoms with Gasteiger partial charge in [0.1, 0.15) is 0 Å². The van der Waals surface area contributed by atoms with Crippen molar-refractivity contribution in [3.63, 3.8) is 0 Å². The number of amides is 1. The zero-order chi connectivity index (χ0) is 9.78. The molecule has 0 aromatic carbocycles. The van der Waals surface area contributed by atoms with Gasteiger partial charge in [0, 0.05) is 6.54 Å². The zero-order valence-corrected chi connectivity index (χ0v) is 8.75. The van der Waals surface area contributed by atoms with Gasteiger partial charge in [0.05, 0.1) is 0 Å². The molecule has 0 fully saturated rings. The minimum absolute atomic E-state index is 0.455. The maximum Gasteiger partial charge on any atom is 0.253 e. The van der Waals surface area contributed by atoms with Gasteiger partial charge in [0.15, 0.2) is 6.10 Å². The molecule has 0 heterocycles. The molecule has 72 valence electrons. The molecule has 2 N–H and O–H groups in total. The van der Waals surface area contributed by atoms with Crippen LogP contribution in [-0.2, 0) is 4.79 Å². The molecule has 1 amide bonds. The topological polar surface area (TPSA) is 49.3 Å². The normalized spacial score (nSPS) is 14.1. The third kappa shape index (κ3) is 4.36. The third-order valence-electron chi connectivity index (χ3n) is 1.11. The first kappa shape index (κ1) is 12.3. The fourth-order valence-corrected chi connectivity index (χ4v) is 0.791. The van der Waals surface area contributed by atoms with Crippen LogP contribution in [0.5, 0.6) is 0 Å². The van der Waals surface area contributed by atoms with Crippen molar-refractivity contribution in [1.29, 1.82) is 0 Å². The molecule has 0 radical (unpaired) electrons. The summed E-state index contributed by atoms with van der Waals surface area (Å²) in [6, 6.07) is 0. The molecule has 0 aliphatic rings. The SMILES string of the molecule is CCCNC(=O)C(O)C(Cl)(Cl)Cl. The molecule has 0 aromatic rings. The fourth-order valence-electron chi connectivity index (χ4n) is 0.494. The van der Waals surface area contributed by atoms with Crippen molar-refractivity contribution in [2.24, 2.45) is 0 Å². The maximum absolute atomic E-state index is 10.9. The highest BCUT2D eigenvalue weighted by atomic mass is 35.6. The van der Waals surface area contributed by atoms with Crippen LogP contribution < -0.4 is 5.32 Å². The van der Waals surface area contributed by atoms with Crippen molar-refractivity contribution in [2.75, 3.05) is 6.54 Å². The third-order valence-corrected chi connectivity index (χ3v) is 1.73. The summed E-state index contributed by atoms with van der Waals surface area (Å²) in [5.74, 6) is -0.670. The lowest BCUT2D eigenvalue weighted by Crippen LogP contribution is -2.42. The van der Waals surface area contributed by atoms with Gasteiger partial charge in [-0.25, -0.2) is 0 Å². The van der Waals surface area contributed by atoms with Gasteiger partial charge in [-0.2, -0.15) is 0 Å². The summed E-state index contributed by atoms with van der Waals surface area (Å²) >= 11 is 15.8. The number of rotatable bonds is 3. The van der Waals surface area contributed by atoms with Gasteiger partial charge in [-0.3, -0.25) is 4.79 Å². The van der Waals surface area contributed by atoms with E-state index in [2.05, 4.69) is 5.32 Å². The number of hydrogen-bond donors (Lipinski definition) is 2. The van der Waals surface area contributed by atoms with Crippen LogP contribution in [0.15, 0.2) is 0 Å². The summed E-state index contributed by atoms with van der Waals surface area (Å²) in [6.07, 6.45) is -0.854. The summed E-state index contributed by atoms with van der Waals surface area (Å²) in [6.45, 7) is 2.33. The Kier molecular flexibility index (Phi) is 5.25. The predicted molar refractivity (Wildman–Crippen MR) is 49.6 cm³/mol. The van der Waals surface area contributed by atoms with Crippen LogP contribution in [0.1, 0.15) is 13.3 Å². The van der Waals surface area contributed by atoms with Crippen molar-refractivity contribution in [2.45, 2.75) is 23.2 Å². The van der Waals surface area contributed by atoms with Crippen LogP contribution in [-0.4, -0.2) is 27.5 Å². The number of carbonyl (C=O) groups is 1. The van der Waals surface area contributed by atoms with Crippen LogP contribution in [0.3, 0.4) is 0 Å². The molecular formula is C6H10Cl3NO2. The second-order valence-electron chi connectivity index (χ2n) is 2.24. The van der Waals surface area contributed by atoms with E-state index in [0.29, 0.717) is 6.54 Å². The van der Waals surface area contributed by atoms with Crippen LogP contribution in [0.2, 0.25) is 0 Å². The number of aliphatic hydroxyl groups is 1. The van der Waals surface area contributed by atoms with Crippen molar-refractivity contribution in [3.8, 4) is 0 Å². The van der Waals surface area contributed by atoms with E-state index in [9.17, 15) is 4.79 Å². The molecule has 0 aliphatic carbocycles. The molecule has 1 unspecified atom stereocenters. The molecule has 0 rings (SSSR count). The Bertz CT molecular complexity index is 157. The van der Waals surface area contributed by atoms with Gasteiger partial charge >= 0.3 is 0 Å². The van der Waals surface area contributed by atoms with Gasteiger partial charge in [-0.05, 0) is 6.42 Å². The standard InChI is InChI=1S/C6H10Cl3NO2/c1-2-3-10-5(12)4(11)6(7,8)9/h4,11H,2-3H2,1H3,(H,10,12). The molecule has 0 saturated carbocycles. The number of aliphatic hydroxyl groups excluding tert-OH is 1. The van der Waals surface area contributed by atoms with Gasteiger partial charge in [-0.1, -0.05) is 41.7 Å². The smallest absolute Gasteiger partial charge is 0.253 e. The Hall–Kier alpha value is 0.300. The van der Waals surface area contributed by atoms with Crippen LogP contribution in [0, 0.1) is 0 Å². The van der Waals surface area contributed by atoms with E-state index >= 15 is 0 Å². The Morgan fingerprint density at radius 3 is 2.42 bits per heavy atom. The van der Waals surface area contributed by atoms with Gasteiger partial charge < -0.3 is 10.4 Å². The number of nitrogens with one attached hydrogen (secondary N) is 1. The lowest BCUT2D eigenvalue weighted by molar-refractivity contribution is -0.129.